The Morgan fingerprint density at radius 2 is 1.85 bits per heavy atom. The number of hydrogen-bond donors (Lipinski definition) is 2. The van der Waals surface area contributed by atoms with Crippen molar-refractivity contribution in [2.24, 2.45) is 0 Å². The molecule has 0 atom stereocenters. The van der Waals surface area contributed by atoms with E-state index in [2.05, 4.69) is 4.98 Å². The maximum atomic E-state index is 9.97. The summed E-state index contributed by atoms with van der Waals surface area (Å²) in [6.07, 6.45) is 0. The molecule has 0 spiro atoms. The predicted molar refractivity (Wildman–Crippen MR) is 83.2 cm³/mol. The van der Waals surface area contributed by atoms with Gasteiger partial charge in [0, 0.05) is 13.1 Å². The molecule has 0 amide bonds. The molecule has 20 heavy (non-hydrogen) atoms. The number of likely N-dealkylation sites (N-methyl/N-ethyl adjacent to an activating group) is 1. The smallest absolute Gasteiger partial charge is 0.239 e. The predicted octanol–water partition coefficient (Wildman–Crippen LogP) is 2.44. The third-order valence-corrected chi connectivity index (χ3v) is 2.56. The van der Waals surface area contributed by atoms with Gasteiger partial charge in [-0.1, -0.05) is 0 Å². The molecule has 5 heteroatoms. The van der Waals surface area contributed by atoms with Crippen LogP contribution in [0.5, 0.6) is 5.88 Å². The third kappa shape index (κ3) is 5.25. The lowest BCUT2D eigenvalue weighted by Gasteiger charge is -2.30. The molecule has 5 nitrogen and oxygen atoms in total. The molecule has 0 fully saturated rings. The number of hydrogen-bond acceptors (Lipinski definition) is 5. The average Bonchev–Trinajstić information content (AvgIpc) is 2.26. The second-order valence-electron chi connectivity index (χ2n) is 6.60. The number of nitrogens with zero attached hydrogens (tertiary/aromatic N) is 2. The molecule has 0 bridgehead atoms. The second-order valence-corrected chi connectivity index (χ2v) is 6.60. The van der Waals surface area contributed by atoms with Gasteiger partial charge in [0.15, 0.2) is 0 Å². The lowest BCUT2D eigenvalue weighted by Crippen LogP contribution is -2.39. The summed E-state index contributed by atoms with van der Waals surface area (Å²) in [5.74, 6) is 1.19. The van der Waals surface area contributed by atoms with E-state index in [0.29, 0.717) is 18.1 Å². The summed E-state index contributed by atoms with van der Waals surface area (Å²) in [4.78, 5) is 6.48. The molecule has 1 aromatic heterocycles. The molecule has 0 aliphatic heterocycles. The molecular formula is C15H27N3O2. The summed E-state index contributed by atoms with van der Waals surface area (Å²) < 4.78 is 5.77. The quantitative estimate of drug-likeness (QED) is 0.867. The Kier molecular flexibility index (Phi) is 4.86. The van der Waals surface area contributed by atoms with E-state index in [-0.39, 0.29) is 5.60 Å². The highest BCUT2D eigenvalue weighted by molar-refractivity contribution is 5.54. The first-order chi connectivity index (χ1) is 9.02. The van der Waals surface area contributed by atoms with Crippen molar-refractivity contribution in [2.75, 3.05) is 23.7 Å². The molecule has 0 aromatic carbocycles. The van der Waals surface area contributed by atoms with E-state index in [1.807, 2.05) is 38.7 Å². The lowest BCUT2D eigenvalue weighted by molar-refractivity contribution is 0.0871. The van der Waals surface area contributed by atoms with Crippen LogP contribution in [0.15, 0.2) is 12.1 Å². The first-order valence-electron chi connectivity index (χ1n) is 6.95. The maximum absolute atomic E-state index is 9.97. The highest BCUT2D eigenvalue weighted by Crippen LogP contribution is 2.27. The first kappa shape index (κ1) is 16.6. The van der Waals surface area contributed by atoms with Crippen molar-refractivity contribution >= 4 is 11.5 Å². The fourth-order valence-corrected chi connectivity index (χ4v) is 1.81. The van der Waals surface area contributed by atoms with Gasteiger partial charge in [-0.15, -0.1) is 0 Å². The summed E-state index contributed by atoms with van der Waals surface area (Å²) in [5.41, 5.74) is 5.29. The average molecular weight is 281 g/mol. The zero-order valence-corrected chi connectivity index (χ0v) is 13.4. The standard InChI is InChI=1S/C15H27N3O2/c1-7-18(10-15(5,6)19)12-9-8-11(16)13(17-12)20-14(2,3)4/h8-9,19H,7,10,16H2,1-6H3. The van der Waals surface area contributed by atoms with Gasteiger partial charge in [-0.3, -0.25) is 0 Å². The van der Waals surface area contributed by atoms with Crippen molar-refractivity contribution < 1.29 is 9.84 Å². The van der Waals surface area contributed by atoms with Crippen LogP contribution in [0, 0.1) is 0 Å². The summed E-state index contributed by atoms with van der Waals surface area (Å²) in [7, 11) is 0. The summed E-state index contributed by atoms with van der Waals surface area (Å²) in [5, 5.41) is 9.97. The van der Waals surface area contributed by atoms with Crippen LogP contribution in [-0.4, -0.2) is 34.4 Å². The van der Waals surface area contributed by atoms with Crippen molar-refractivity contribution in [3.63, 3.8) is 0 Å². The van der Waals surface area contributed by atoms with Crippen molar-refractivity contribution in [3.05, 3.63) is 12.1 Å². The van der Waals surface area contributed by atoms with Crippen LogP contribution in [0.3, 0.4) is 0 Å². The van der Waals surface area contributed by atoms with Crippen LogP contribution in [-0.2, 0) is 0 Å². The fourth-order valence-electron chi connectivity index (χ4n) is 1.81. The molecule has 0 unspecified atom stereocenters. The van der Waals surface area contributed by atoms with E-state index in [1.54, 1.807) is 19.9 Å². The molecule has 3 N–H and O–H groups in total. The van der Waals surface area contributed by atoms with E-state index in [4.69, 9.17) is 10.5 Å². The van der Waals surface area contributed by atoms with Gasteiger partial charge in [0.05, 0.1) is 11.3 Å². The Morgan fingerprint density at radius 3 is 2.30 bits per heavy atom. The van der Waals surface area contributed by atoms with Crippen LogP contribution in [0.4, 0.5) is 11.5 Å². The van der Waals surface area contributed by atoms with Gasteiger partial charge in [0.1, 0.15) is 11.4 Å². The van der Waals surface area contributed by atoms with Crippen LogP contribution in [0.25, 0.3) is 0 Å². The van der Waals surface area contributed by atoms with Crippen molar-refractivity contribution in [3.8, 4) is 5.88 Å². The van der Waals surface area contributed by atoms with Gasteiger partial charge >= 0.3 is 0 Å². The van der Waals surface area contributed by atoms with Gasteiger partial charge in [-0.05, 0) is 53.7 Å². The maximum Gasteiger partial charge on any atom is 0.239 e. The molecular weight excluding hydrogens is 254 g/mol. The number of nitrogen functional groups attached to an aromatic ring is 1. The van der Waals surface area contributed by atoms with Gasteiger partial charge < -0.3 is 20.5 Å². The van der Waals surface area contributed by atoms with Gasteiger partial charge in [0.25, 0.3) is 0 Å². The normalized spacial score (nSPS) is 12.3. The number of aliphatic hydroxyl groups is 1. The Bertz CT molecular complexity index is 447. The summed E-state index contributed by atoms with van der Waals surface area (Å²) in [6.45, 7) is 12.7. The number of ether oxygens (including phenoxy) is 1. The molecule has 1 aromatic rings. The van der Waals surface area contributed by atoms with E-state index in [0.717, 1.165) is 12.4 Å². The largest absolute Gasteiger partial charge is 0.470 e. The van der Waals surface area contributed by atoms with Crippen molar-refractivity contribution in [2.45, 2.75) is 52.7 Å². The SMILES string of the molecule is CCN(CC(C)(C)O)c1ccc(N)c(OC(C)(C)C)n1. The van der Waals surface area contributed by atoms with Gasteiger partial charge in [0.2, 0.25) is 5.88 Å². The first-order valence-corrected chi connectivity index (χ1v) is 6.95. The minimum Gasteiger partial charge on any atom is -0.470 e. The number of anilines is 2. The molecule has 1 rings (SSSR count). The highest BCUT2D eigenvalue weighted by atomic mass is 16.5. The van der Waals surface area contributed by atoms with Crippen molar-refractivity contribution in [1.82, 2.24) is 4.98 Å². The van der Waals surface area contributed by atoms with E-state index in [9.17, 15) is 5.11 Å². The molecule has 0 radical (unpaired) electrons. The molecule has 1 heterocycles. The molecule has 0 aliphatic rings. The number of rotatable bonds is 5. The number of nitrogens with two attached hydrogens (primary N) is 1. The van der Waals surface area contributed by atoms with Crippen LogP contribution < -0.4 is 15.4 Å². The topological polar surface area (TPSA) is 71.6 Å². The van der Waals surface area contributed by atoms with Gasteiger partial charge in [-0.2, -0.15) is 4.98 Å². The van der Waals surface area contributed by atoms with Crippen LogP contribution >= 0.6 is 0 Å². The third-order valence-electron chi connectivity index (χ3n) is 2.56. The molecule has 0 saturated carbocycles. The van der Waals surface area contributed by atoms with E-state index >= 15 is 0 Å². The number of aromatic nitrogens is 1. The van der Waals surface area contributed by atoms with E-state index in [1.165, 1.54) is 0 Å². The Morgan fingerprint density at radius 1 is 1.25 bits per heavy atom. The molecule has 0 saturated heterocycles. The summed E-state index contributed by atoms with van der Waals surface area (Å²) >= 11 is 0. The van der Waals surface area contributed by atoms with Crippen LogP contribution in [0.2, 0.25) is 0 Å². The molecule has 114 valence electrons. The highest BCUT2D eigenvalue weighted by Gasteiger charge is 2.20. The van der Waals surface area contributed by atoms with Gasteiger partial charge in [-0.25, -0.2) is 0 Å². The Hall–Kier alpha value is -1.49. The summed E-state index contributed by atoms with van der Waals surface area (Å²) in [6, 6.07) is 3.64. The number of pyridine rings is 1. The Balaban J connectivity index is 3.03. The zero-order valence-electron chi connectivity index (χ0n) is 13.4. The van der Waals surface area contributed by atoms with Crippen LogP contribution in [0.1, 0.15) is 41.5 Å². The molecule has 0 aliphatic carbocycles. The Labute approximate surface area is 121 Å². The lowest BCUT2D eigenvalue weighted by atomic mass is 10.1. The van der Waals surface area contributed by atoms with Crippen molar-refractivity contribution in [1.29, 1.82) is 0 Å². The minimum atomic E-state index is -0.788. The zero-order chi connectivity index (χ0) is 15.6. The fraction of sp³-hybridized carbons (Fsp3) is 0.667. The van der Waals surface area contributed by atoms with E-state index < -0.39 is 5.60 Å². The minimum absolute atomic E-state index is 0.354. The monoisotopic (exact) mass is 281 g/mol. The second kappa shape index (κ2) is 5.87.